The fraction of sp³-hybridized carbons (Fsp3) is 0.208. The maximum Gasteiger partial charge on any atom is 0.407 e. The molecule has 0 radical (unpaired) electrons. The monoisotopic (exact) mass is 414 g/mol. The third-order valence-corrected chi connectivity index (χ3v) is 5.98. The lowest BCUT2D eigenvalue weighted by Crippen LogP contribution is -2.31. The van der Waals surface area contributed by atoms with Crippen LogP contribution in [0.4, 0.5) is 4.79 Å². The Morgan fingerprint density at radius 2 is 1.87 bits per heavy atom. The van der Waals surface area contributed by atoms with Gasteiger partial charge in [-0.15, -0.1) is 0 Å². The third kappa shape index (κ3) is 3.18. The fourth-order valence-electron chi connectivity index (χ4n) is 4.45. The van der Waals surface area contributed by atoms with E-state index in [-0.39, 0.29) is 18.3 Å². The summed E-state index contributed by atoms with van der Waals surface area (Å²) in [6, 6.07) is 19.7. The van der Waals surface area contributed by atoms with Gasteiger partial charge in [0.05, 0.1) is 17.2 Å². The molecule has 0 aliphatic carbocycles. The van der Waals surface area contributed by atoms with Crippen LogP contribution in [0.2, 0.25) is 0 Å². The van der Waals surface area contributed by atoms with E-state index in [1.54, 1.807) is 15.3 Å². The quantitative estimate of drug-likeness (QED) is 0.548. The molecule has 5 rings (SSSR count). The first-order valence-corrected chi connectivity index (χ1v) is 10.3. The Balaban J connectivity index is 1.64. The number of rotatable bonds is 3. The highest BCUT2D eigenvalue weighted by atomic mass is 16.4. The Bertz CT molecular complexity index is 1340. The number of nitrogens with zero attached hydrogens (tertiary/aromatic N) is 4. The van der Waals surface area contributed by atoms with Gasteiger partial charge in [0.15, 0.2) is 5.65 Å². The number of hydrogen-bond donors (Lipinski definition) is 1. The molecule has 1 atom stereocenters. The zero-order valence-electron chi connectivity index (χ0n) is 17.1. The second kappa shape index (κ2) is 7.43. The lowest BCUT2D eigenvalue weighted by Gasteiger charge is -2.13. The van der Waals surface area contributed by atoms with Gasteiger partial charge in [0, 0.05) is 19.3 Å². The number of aryl methyl sites for hydroxylation is 1. The van der Waals surface area contributed by atoms with Crippen molar-refractivity contribution in [1.82, 2.24) is 19.0 Å². The third-order valence-electron chi connectivity index (χ3n) is 5.98. The molecular formula is C24H22N4O3. The van der Waals surface area contributed by atoms with Crippen LogP contribution in [0.1, 0.15) is 18.0 Å². The zero-order valence-corrected chi connectivity index (χ0v) is 17.1. The van der Waals surface area contributed by atoms with Gasteiger partial charge >= 0.3 is 11.8 Å². The predicted molar refractivity (Wildman–Crippen MR) is 119 cm³/mol. The Hall–Kier alpha value is -3.87. The van der Waals surface area contributed by atoms with E-state index in [1.165, 1.54) is 4.90 Å². The summed E-state index contributed by atoms with van der Waals surface area (Å²) >= 11 is 0. The van der Waals surface area contributed by atoms with Gasteiger partial charge in [-0.25, -0.2) is 14.6 Å². The van der Waals surface area contributed by atoms with E-state index in [1.807, 2.05) is 49.4 Å². The molecular weight excluding hydrogens is 392 g/mol. The van der Waals surface area contributed by atoms with Crippen LogP contribution in [-0.4, -0.2) is 43.3 Å². The summed E-state index contributed by atoms with van der Waals surface area (Å²) in [6.45, 7) is 2.70. The summed E-state index contributed by atoms with van der Waals surface area (Å²) < 4.78 is 3.35. The average Bonchev–Trinajstić information content (AvgIpc) is 3.37. The van der Waals surface area contributed by atoms with Crippen LogP contribution < -0.4 is 5.69 Å². The van der Waals surface area contributed by atoms with Crippen molar-refractivity contribution in [2.24, 2.45) is 0 Å². The second-order valence-corrected chi connectivity index (χ2v) is 7.87. The SMILES string of the molecule is Cc1cc(-c2ccccc2)ccc1-n1c(=O)n(C2CCN(C(=O)O)C2)c2ncccc21. The smallest absolute Gasteiger partial charge is 0.407 e. The van der Waals surface area contributed by atoms with Gasteiger partial charge in [-0.3, -0.25) is 9.13 Å². The number of benzene rings is 2. The number of hydrogen-bond acceptors (Lipinski definition) is 3. The summed E-state index contributed by atoms with van der Waals surface area (Å²) in [5.74, 6) is 0. The molecule has 7 nitrogen and oxygen atoms in total. The van der Waals surface area contributed by atoms with Crippen LogP contribution in [0, 0.1) is 6.92 Å². The minimum absolute atomic E-state index is 0.193. The van der Waals surface area contributed by atoms with Crippen molar-refractivity contribution in [3.8, 4) is 16.8 Å². The van der Waals surface area contributed by atoms with Crippen molar-refractivity contribution in [3.63, 3.8) is 0 Å². The van der Waals surface area contributed by atoms with E-state index in [9.17, 15) is 14.7 Å². The van der Waals surface area contributed by atoms with Gasteiger partial charge < -0.3 is 10.0 Å². The first-order valence-electron chi connectivity index (χ1n) is 10.3. The van der Waals surface area contributed by atoms with Crippen LogP contribution in [0.15, 0.2) is 71.7 Å². The molecule has 31 heavy (non-hydrogen) atoms. The van der Waals surface area contributed by atoms with Crippen molar-refractivity contribution in [1.29, 1.82) is 0 Å². The number of likely N-dealkylation sites (tertiary alicyclic amines) is 1. The minimum Gasteiger partial charge on any atom is -0.465 e. The fourth-order valence-corrected chi connectivity index (χ4v) is 4.45. The van der Waals surface area contributed by atoms with E-state index in [0.29, 0.717) is 18.6 Å². The molecule has 1 fully saturated rings. The maximum absolute atomic E-state index is 13.6. The molecule has 156 valence electrons. The Morgan fingerprint density at radius 1 is 1.06 bits per heavy atom. The maximum atomic E-state index is 13.6. The zero-order chi connectivity index (χ0) is 21.5. The highest BCUT2D eigenvalue weighted by Crippen LogP contribution is 2.28. The normalized spacial score (nSPS) is 16.2. The van der Waals surface area contributed by atoms with Crippen molar-refractivity contribution >= 4 is 17.3 Å². The van der Waals surface area contributed by atoms with Crippen LogP contribution in [-0.2, 0) is 0 Å². The molecule has 1 saturated heterocycles. The van der Waals surface area contributed by atoms with E-state index < -0.39 is 6.09 Å². The minimum atomic E-state index is -0.959. The first kappa shape index (κ1) is 19.1. The Kier molecular flexibility index (Phi) is 4.58. The molecule has 1 unspecified atom stereocenters. The molecule has 1 aliphatic heterocycles. The Morgan fingerprint density at radius 3 is 2.58 bits per heavy atom. The topological polar surface area (TPSA) is 80.4 Å². The van der Waals surface area contributed by atoms with Gasteiger partial charge in [0.1, 0.15) is 0 Å². The molecule has 7 heteroatoms. The molecule has 2 aromatic carbocycles. The number of pyridine rings is 1. The number of aromatic nitrogens is 3. The van der Waals surface area contributed by atoms with E-state index >= 15 is 0 Å². The molecule has 0 spiro atoms. The van der Waals surface area contributed by atoms with Crippen LogP contribution >= 0.6 is 0 Å². The summed E-state index contributed by atoms with van der Waals surface area (Å²) in [5, 5.41) is 9.32. The molecule has 3 heterocycles. The highest BCUT2D eigenvalue weighted by Gasteiger charge is 2.31. The van der Waals surface area contributed by atoms with E-state index in [0.717, 1.165) is 27.9 Å². The molecule has 1 aliphatic rings. The van der Waals surface area contributed by atoms with Gasteiger partial charge in [-0.2, -0.15) is 0 Å². The number of imidazole rings is 1. The van der Waals surface area contributed by atoms with E-state index in [2.05, 4.69) is 23.2 Å². The number of carbonyl (C=O) groups is 1. The van der Waals surface area contributed by atoms with Gasteiger partial charge in [0.25, 0.3) is 0 Å². The van der Waals surface area contributed by atoms with E-state index in [4.69, 9.17) is 0 Å². The van der Waals surface area contributed by atoms with Crippen molar-refractivity contribution in [2.45, 2.75) is 19.4 Å². The summed E-state index contributed by atoms with van der Waals surface area (Å²) in [7, 11) is 0. The van der Waals surface area contributed by atoms with Crippen molar-refractivity contribution in [3.05, 3.63) is 82.9 Å². The molecule has 4 aromatic rings. The standard InChI is InChI=1S/C24H22N4O3/c1-16-14-18(17-6-3-2-4-7-17)9-10-20(16)28-21-8-5-12-25-22(21)27(23(28)29)19-11-13-26(15-19)24(30)31/h2-10,12,14,19H,11,13,15H2,1H3,(H,30,31). The van der Waals surface area contributed by atoms with Gasteiger partial charge in [-0.1, -0.05) is 36.4 Å². The summed E-state index contributed by atoms with van der Waals surface area (Å²) in [5.41, 5.74) is 5.09. The van der Waals surface area contributed by atoms with Gasteiger partial charge in [0.2, 0.25) is 0 Å². The summed E-state index contributed by atoms with van der Waals surface area (Å²) in [4.78, 5) is 30.8. The van der Waals surface area contributed by atoms with Crippen molar-refractivity contribution < 1.29 is 9.90 Å². The van der Waals surface area contributed by atoms with Gasteiger partial charge in [-0.05, 0) is 54.3 Å². The molecule has 1 N–H and O–H groups in total. The molecule has 0 saturated carbocycles. The number of amides is 1. The predicted octanol–water partition coefficient (Wildman–Crippen LogP) is 4.09. The first-order chi connectivity index (χ1) is 15.0. The van der Waals surface area contributed by atoms with Crippen LogP contribution in [0.5, 0.6) is 0 Å². The largest absolute Gasteiger partial charge is 0.465 e. The molecule has 0 bridgehead atoms. The summed E-state index contributed by atoms with van der Waals surface area (Å²) in [6.07, 6.45) is 1.30. The number of carboxylic acid groups (broad SMARTS) is 1. The molecule has 2 aromatic heterocycles. The average molecular weight is 414 g/mol. The van der Waals surface area contributed by atoms with Crippen LogP contribution in [0.25, 0.3) is 28.0 Å². The lowest BCUT2D eigenvalue weighted by atomic mass is 10.0. The second-order valence-electron chi connectivity index (χ2n) is 7.87. The lowest BCUT2D eigenvalue weighted by molar-refractivity contribution is 0.154. The van der Waals surface area contributed by atoms with Crippen LogP contribution in [0.3, 0.4) is 0 Å². The highest BCUT2D eigenvalue weighted by molar-refractivity contribution is 5.76. The Labute approximate surface area is 178 Å². The number of fused-ring (bicyclic) bond motifs is 1. The van der Waals surface area contributed by atoms with Crippen molar-refractivity contribution in [2.75, 3.05) is 13.1 Å². The molecule has 1 amide bonds.